The van der Waals surface area contributed by atoms with Crippen molar-refractivity contribution in [3.63, 3.8) is 0 Å². The summed E-state index contributed by atoms with van der Waals surface area (Å²) in [7, 11) is 0. The van der Waals surface area contributed by atoms with E-state index < -0.39 is 12.1 Å². The Morgan fingerprint density at radius 1 is 1.32 bits per heavy atom. The van der Waals surface area contributed by atoms with Crippen LogP contribution < -0.4 is 5.32 Å². The summed E-state index contributed by atoms with van der Waals surface area (Å²) in [6.45, 7) is 4.87. The average Bonchev–Trinajstić information content (AvgIpc) is 2.93. The number of aryl methyl sites for hydroxylation is 3. The van der Waals surface area contributed by atoms with Crippen LogP contribution in [0, 0.1) is 13.8 Å². The fourth-order valence-electron chi connectivity index (χ4n) is 3.24. The number of hydrogen-bond acceptors (Lipinski definition) is 5. The molecule has 1 heterocycles. The van der Waals surface area contributed by atoms with E-state index in [1.54, 1.807) is 20.8 Å². The molecule has 1 amide bonds. The zero-order valence-corrected chi connectivity index (χ0v) is 14.7. The van der Waals surface area contributed by atoms with Crippen molar-refractivity contribution >= 4 is 11.9 Å². The van der Waals surface area contributed by atoms with Crippen LogP contribution in [0.2, 0.25) is 0 Å². The number of carbonyl (C=O) groups excluding carboxylic acids is 2. The quantitative estimate of drug-likeness (QED) is 0.864. The molecule has 3 rings (SSSR count). The molecule has 0 unspecified atom stereocenters. The van der Waals surface area contributed by atoms with Gasteiger partial charge in [-0.1, -0.05) is 29.4 Å². The van der Waals surface area contributed by atoms with Gasteiger partial charge in [-0.25, -0.2) is 4.79 Å². The average molecular weight is 342 g/mol. The van der Waals surface area contributed by atoms with E-state index in [4.69, 9.17) is 9.26 Å². The van der Waals surface area contributed by atoms with Crippen molar-refractivity contribution in [1.29, 1.82) is 0 Å². The summed E-state index contributed by atoms with van der Waals surface area (Å²) in [5.74, 6) is -0.513. The van der Waals surface area contributed by atoms with Gasteiger partial charge in [0.2, 0.25) is 0 Å². The van der Waals surface area contributed by atoms with E-state index in [2.05, 4.69) is 16.5 Å². The van der Waals surface area contributed by atoms with Crippen LogP contribution in [-0.4, -0.2) is 23.1 Å². The van der Waals surface area contributed by atoms with Crippen LogP contribution in [0.1, 0.15) is 58.7 Å². The van der Waals surface area contributed by atoms with Crippen LogP contribution >= 0.6 is 0 Å². The van der Waals surface area contributed by atoms with Crippen molar-refractivity contribution in [1.82, 2.24) is 10.5 Å². The Morgan fingerprint density at radius 2 is 2.08 bits per heavy atom. The van der Waals surface area contributed by atoms with Gasteiger partial charge in [-0.3, -0.25) is 4.79 Å². The summed E-state index contributed by atoms with van der Waals surface area (Å²) in [5.41, 5.74) is 3.14. The molecule has 1 aliphatic carbocycles. The summed E-state index contributed by atoms with van der Waals surface area (Å²) in [6, 6.07) is 8.08. The van der Waals surface area contributed by atoms with E-state index >= 15 is 0 Å². The fourth-order valence-corrected chi connectivity index (χ4v) is 3.24. The highest BCUT2D eigenvalue weighted by Crippen LogP contribution is 2.29. The number of esters is 1. The number of ether oxygens (including phenoxy) is 1. The first kappa shape index (κ1) is 17.2. The zero-order valence-electron chi connectivity index (χ0n) is 14.7. The number of aromatic nitrogens is 1. The molecule has 2 aromatic rings. The van der Waals surface area contributed by atoms with Crippen molar-refractivity contribution in [3.8, 4) is 0 Å². The van der Waals surface area contributed by atoms with Crippen LogP contribution in [0.15, 0.2) is 28.8 Å². The largest absolute Gasteiger partial charge is 0.449 e. The number of carbonyl (C=O) groups is 2. The Labute approximate surface area is 146 Å². The van der Waals surface area contributed by atoms with Gasteiger partial charge in [-0.15, -0.1) is 0 Å². The van der Waals surface area contributed by atoms with E-state index in [-0.39, 0.29) is 17.5 Å². The van der Waals surface area contributed by atoms with Gasteiger partial charge in [0.25, 0.3) is 5.91 Å². The molecule has 1 N–H and O–H groups in total. The number of rotatable bonds is 4. The van der Waals surface area contributed by atoms with Crippen LogP contribution in [0.5, 0.6) is 0 Å². The topological polar surface area (TPSA) is 81.4 Å². The second-order valence-corrected chi connectivity index (χ2v) is 6.40. The van der Waals surface area contributed by atoms with E-state index in [1.807, 2.05) is 18.2 Å². The highest BCUT2D eigenvalue weighted by atomic mass is 16.5. The van der Waals surface area contributed by atoms with Crippen LogP contribution in [0.3, 0.4) is 0 Å². The van der Waals surface area contributed by atoms with Gasteiger partial charge in [0.05, 0.1) is 11.7 Å². The SMILES string of the molecule is Cc1noc(C)c1C(=O)O[C@H](C)C(=O)N[C@@H]1CCCc2ccccc21. The molecule has 0 bridgehead atoms. The number of nitrogens with one attached hydrogen (secondary N) is 1. The lowest BCUT2D eigenvalue weighted by atomic mass is 9.87. The Hall–Kier alpha value is -2.63. The number of fused-ring (bicyclic) bond motifs is 1. The normalized spacial score (nSPS) is 17.5. The van der Waals surface area contributed by atoms with Gasteiger partial charge in [0.1, 0.15) is 11.3 Å². The molecule has 0 saturated heterocycles. The monoisotopic (exact) mass is 342 g/mol. The Bertz CT molecular complexity index is 777. The van der Waals surface area contributed by atoms with Crippen molar-refractivity contribution in [2.75, 3.05) is 0 Å². The molecule has 0 fully saturated rings. The smallest absolute Gasteiger partial charge is 0.344 e. The fraction of sp³-hybridized carbons (Fsp3) is 0.421. The zero-order chi connectivity index (χ0) is 18.0. The van der Waals surface area contributed by atoms with E-state index in [0.29, 0.717) is 11.5 Å². The number of nitrogens with zero attached hydrogens (tertiary/aromatic N) is 1. The molecule has 1 aromatic carbocycles. The molecular weight excluding hydrogens is 320 g/mol. The van der Waals surface area contributed by atoms with Crippen molar-refractivity contribution in [2.24, 2.45) is 0 Å². The summed E-state index contributed by atoms with van der Waals surface area (Å²) < 4.78 is 10.3. The van der Waals surface area contributed by atoms with Gasteiger partial charge in [0, 0.05) is 0 Å². The van der Waals surface area contributed by atoms with Crippen molar-refractivity contribution in [2.45, 2.75) is 52.2 Å². The molecule has 1 aliphatic rings. The first-order valence-corrected chi connectivity index (χ1v) is 8.49. The van der Waals surface area contributed by atoms with Gasteiger partial charge in [-0.05, 0) is 51.2 Å². The van der Waals surface area contributed by atoms with Gasteiger partial charge < -0.3 is 14.6 Å². The predicted molar refractivity (Wildman–Crippen MR) is 91.1 cm³/mol. The maximum atomic E-state index is 12.5. The third-order valence-corrected chi connectivity index (χ3v) is 4.58. The van der Waals surface area contributed by atoms with Gasteiger partial charge in [0.15, 0.2) is 6.10 Å². The maximum Gasteiger partial charge on any atom is 0.344 e. The molecule has 0 radical (unpaired) electrons. The Balaban J connectivity index is 1.65. The lowest BCUT2D eigenvalue weighted by molar-refractivity contribution is -0.130. The molecule has 1 aromatic heterocycles. The minimum atomic E-state index is -0.893. The van der Waals surface area contributed by atoms with Crippen LogP contribution in [0.4, 0.5) is 0 Å². The predicted octanol–water partition coefficient (Wildman–Crippen LogP) is 3.03. The molecule has 25 heavy (non-hydrogen) atoms. The Kier molecular flexibility index (Phi) is 4.88. The minimum absolute atomic E-state index is 0.0438. The third kappa shape index (κ3) is 3.57. The molecule has 0 spiro atoms. The summed E-state index contributed by atoms with van der Waals surface area (Å²) >= 11 is 0. The van der Waals surface area contributed by atoms with E-state index in [1.165, 1.54) is 5.56 Å². The summed E-state index contributed by atoms with van der Waals surface area (Å²) in [6.07, 6.45) is 2.04. The molecule has 6 nitrogen and oxygen atoms in total. The van der Waals surface area contributed by atoms with E-state index in [9.17, 15) is 9.59 Å². The first-order valence-electron chi connectivity index (χ1n) is 8.49. The second kappa shape index (κ2) is 7.09. The molecule has 0 saturated carbocycles. The lowest BCUT2D eigenvalue weighted by Gasteiger charge is -2.27. The number of benzene rings is 1. The first-order chi connectivity index (χ1) is 12.0. The highest BCUT2D eigenvalue weighted by Gasteiger charge is 2.27. The summed E-state index contributed by atoms with van der Waals surface area (Å²) in [4.78, 5) is 24.7. The van der Waals surface area contributed by atoms with Crippen molar-refractivity contribution in [3.05, 3.63) is 52.4 Å². The maximum absolute atomic E-state index is 12.5. The number of amides is 1. The lowest BCUT2D eigenvalue weighted by Crippen LogP contribution is -2.39. The van der Waals surface area contributed by atoms with Crippen LogP contribution in [-0.2, 0) is 16.0 Å². The molecule has 2 atom stereocenters. The van der Waals surface area contributed by atoms with E-state index in [0.717, 1.165) is 24.8 Å². The third-order valence-electron chi connectivity index (χ3n) is 4.58. The standard InChI is InChI=1S/C19H22N2O4/c1-11-17(12(2)25-21-11)19(23)24-13(3)18(22)20-16-10-6-8-14-7-4-5-9-15(14)16/h4-5,7,9,13,16H,6,8,10H2,1-3H3,(H,20,22)/t13-,16-/m1/s1. The minimum Gasteiger partial charge on any atom is -0.449 e. The molecular formula is C19H22N2O4. The van der Waals surface area contributed by atoms with Crippen molar-refractivity contribution < 1.29 is 18.8 Å². The highest BCUT2D eigenvalue weighted by molar-refractivity contribution is 5.93. The van der Waals surface area contributed by atoms with Gasteiger partial charge in [-0.2, -0.15) is 0 Å². The Morgan fingerprint density at radius 3 is 2.80 bits per heavy atom. The summed E-state index contributed by atoms with van der Waals surface area (Å²) in [5, 5.41) is 6.73. The molecule has 6 heteroatoms. The van der Waals surface area contributed by atoms with Crippen LogP contribution in [0.25, 0.3) is 0 Å². The number of hydrogen-bond donors (Lipinski definition) is 1. The molecule has 0 aliphatic heterocycles. The molecule has 132 valence electrons. The second-order valence-electron chi connectivity index (χ2n) is 6.40. The van der Waals surface area contributed by atoms with Gasteiger partial charge >= 0.3 is 5.97 Å².